The molecule has 2 nitrogen and oxygen atoms in total. The van der Waals surface area contributed by atoms with E-state index < -0.39 is 0 Å². The van der Waals surface area contributed by atoms with E-state index in [1.807, 2.05) is 38.9 Å². The van der Waals surface area contributed by atoms with Gasteiger partial charge in [-0.05, 0) is 13.8 Å². The average molecular weight is 285 g/mol. The molecule has 0 bridgehead atoms. The molecular weight excluding hydrogens is 263 g/mol. The molecule has 0 fully saturated rings. The Bertz CT molecular complexity index is 198. The second kappa shape index (κ2) is 14.1. The predicted octanol–water partition coefficient (Wildman–Crippen LogP) is 2.81. The van der Waals surface area contributed by atoms with Crippen LogP contribution in [0.15, 0.2) is 17.8 Å². The van der Waals surface area contributed by atoms with Gasteiger partial charge in [-0.2, -0.15) is 6.08 Å². The maximum atomic E-state index is 10.0. The van der Waals surface area contributed by atoms with Crippen molar-refractivity contribution in [3.05, 3.63) is 23.9 Å². The number of rotatable bonds is 4. The van der Waals surface area contributed by atoms with E-state index in [0.717, 1.165) is 11.9 Å². The first-order valence-corrected chi connectivity index (χ1v) is 5.01. The normalized spacial score (nSPS) is 10.5. The summed E-state index contributed by atoms with van der Waals surface area (Å²) in [4.78, 5) is 12.1. The maximum Gasteiger partial charge on any atom is 0.0630 e. The molecule has 0 aliphatic carbocycles. The molecule has 85 valence electrons. The monoisotopic (exact) mass is 285 g/mol. The van der Waals surface area contributed by atoms with Gasteiger partial charge in [0.25, 0.3) is 0 Å². The van der Waals surface area contributed by atoms with Crippen LogP contribution in [0.2, 0.25) is 0 Å². The van der Waals surface area contributed by atoms with E-state index in [-0.39, 0.29) is 32.7 Å². The number of carbonyl (C=O) groups excluding carboxylic acids is 1. The second-order valence-electron chi connectivity index (χ2n) is 3.02. The zero-order valence-electron chi connectivity index (χ0n) is 10.7. The molecule has 0 aliphatic heterocycles. The third-order valence-corrected chi connectivity index (χ3v) is 1.63. The molecule has 0 spiro atoms. The van der Waals surface area contributed by atoms with Crippen LogP contribution in [0.4, 0.5) is 0 Å². The Morgan fingerprint density at radius 1 is 1.33 bits per heavy atom. The van der Waals surface area contributed by atoms with E-state index in [1.54, 1.807) is 0 Å². The molecule has 0 aromatic rings. The summed E-state index contributed by atoms with van der Waals surface area (Å²) in [6.45, 7) is 10.0. The largest absolute Gasteiger partial charge is 0.395 e. The third-order valence-electron chi connectivity index (χ3n) is 1.63. The van der Waals surface area contributed by atoms with Crippen molar-refractivity contribution in [3.8, 4) is 0 Å². The van der Waals surface area contributed by atoms with Gasteiger partial charge >= 0.3 is 0 Å². The summed E-state index contributed by atoms with van der Waals surface area (Å²) in [7, 11) is 1.98. The minimum Gasteiger partial charge on any atom is -0.395 e. The molecule has 1 radical (unpaired) electrons. The Morgan fingerprint density at radius 3 is 2.13 bits per heavy atom. The molecule has 0 rings (SSSR count). The summed E-state index contributed by atoms with van der Waals surface area (Å²) in [6, 6.07) is 0.460. The van der Waals surface area contributed by atoms with Crippen molar-refractivity contribution >= 4 is 6.29 Å². The van der Waals surface area contributed by atoms with Gasteiger partial charge in [0.05, 0.1) is 6.29 Å². The Hall–Kier alpha value is 0.0539. The number of carbonyl (C=O) groups is 1. The zero-order chi connectivity index (χ0) is 11.6. The van der Waals surface area contributed by atoms with E-state index in [4.69, 9.17) is 0 Å². The van der Waals surface area contributed by atoms with Crippen molar-refractivity contribution in [1.82, 2.24) is 4.90 Å². The smallest absolute Gasteiger partial charge is 0.0630 e. The van der Waals surface area contributed by atoms with E-state index in [9.17, 15) is 4.79 Å². The van der Waals surface area contributed by atoms with Crippen LogP contribution in [0, 0.1) is 6.08 Å². The van der Waals surface area contributed by atoms with E-state index in [1.165, 1.54) is 6.08 Å². The molecular formula is C12H22NOY-. The minimum atomic E-state index is 0. The van der Waals surface area contributed by atoms with Crippen molar-refractivity contribution in [2.45, 2.75) is 40.7 Å². The number of aldehydes is 1. The van der Waals surface area contributed by atoms with E-state index in [0.29, 0.717) is 6.04 Å². The molecule has 0 amide bonds. The summed E-state index contributed by atoms with van der Waals surface area (Å²) in [5.74, 6) is 0. The molecule has 3 heteroatoms. The first-order valence-electron chi connectivity index (χ1n) is 5.01. The van der Waals surface area contributed by atoms with Crippen LogP contribution in [0.3, 0.4) is 0 Å². The van der Waals surface area contributed by atoms with Crippen LogP contribution in [0.1, 0.15) is 34.6 Å². The SMILES string of the molecule is C/C([C-]=CN(C)C(C)C)=C/C=O.CC.[Y]. The maximum absolute atomic E-state index is 10.0. The van der Waals surface area contributed by atoms with Crippen molar-refractivity contribution in [3.63, 3.8) is 0 Å². The predicted molar refractivity (Wildman–Crippen MR) is 61.9 cm³/mol. The molecule has 0 heterocycles. The van der Waals surface area contributed by atoms with Gasteiger partial charge in [-0.3, -0.25) is 0 Å². The molecule has 0 unspecified atom stereocenters. The fraction of sp³-hybridized carbons (Fsp3) is 0.583. The molecule has 0 aromatic heterocycles. The Morgan fingerprint density at radius 2 is 1.80 bits per heavy atom. The van der Waals surface area contributed by atoms with Crippen LogP contribution in [0.5, 0.6) is 0 Å². The van der Waals surface area contributed by atoms with E-state index in [2.05, 4.69) is 19.9 Å². The first kappa shape index (κ1) is 20.5. The van der Waals surface area contributed by atoms with Gasteiger partial charge in [0.15, 0.2) is 0 Å². The van der Waals surface area contributed by atoms with Crippen LogP contribution < -0.4 is 0 Å². The van der Waals surface area contributed by atoms with Crippen LogP contribution in [-0.2, 0) is 37.5 Å². The molecule has 0 aliphatic rings. The summed E-state index contributed by atoms with van der Waals surface area (Å²) in [5.41, 5.74) is 0.845. The minimum absolute atomic E-state index is 0. The Kier molecular flexibility index (Phi) is 19.2. The molecule has 0 saturated heterocycles. The molecule has 0 saturated carbocycles. The topological polar surface area (TPSA) is 20.3 Å². The Labute approximate surface area is 120 Å². The zero-order valence-corrected chi connectivity index (χ0v) is 13.6. The van der Waals surface area contributed by atoms with Crippen molar-refractivity contribution in [1.29, 1.82) is 0 Å². The average Bonchev–Trinajstić information content (AvgIpc) is 2.17. The van der Waals surface area contributed by atoms with Crippen LogP contribution >= 0.6 is 0 Å². The molecule has 0 atom stereocenters. The van der Waals surface area contributed by atoms with Crippen LogP contribution in [-0.4, -0.2) is 24.3 Å². The number of hydrogen-bond acceptors (Lipinski definition) is 2. The van der Waals surface area contributed by atoms with Crippen molar-refractivity contribution in [2.75, 3.05) is 7.05 Å². The molecule has 0 aromatic carbocycles. The summed E-state index contributed by atoms with van der Waals surface area (Å²) in [6.07, 6.45) is 7.10. The molecule has 15 heavy (non-hydrogen) atoms. The second-order valence-corrected chi connectivity index (χ2v) is 3.02. The Balaban J connectivity index is -0.000000449. The third kappa shape index (κ3) is 14.1. The number of nitrogens with zero attached hydrogens (tertiary/aromatic N) is 1. The van der Waals surface area contributed by atoms with Gasteiger partial charge in [0, 0.05) is 45.8 Å². The van der Waals surface area contributed by atoms with Gasteiger partial charge in [0.1, 0.15) is 0 Å². The fourth-order valence-electron chi connectivity index (χ4n) is 0.503. The van der Waals surface area contributed by atoms with Crippen molar-refractivity contribution < 1.29 is 37.5 Å². The quantitative estimate of drug-likeness (QED) is 0.342. The summed E-state index contributed by atoms with van der Waals surface area (Å²) >= 11 is 0. The van der Waals surface area contributed by atoms with Gasteiger partial charge < -0.3 is 9.69 Å². The number of allylic oxidation sites excluding steroid dienone is 3. The van der Waals surface area contributed by atoms with Gasteiger partial charge in [-0.25, -0.2) is 11.6 Å². The van der Waals surface area contributed by atoms with Gasteiger partial charge in [-0.15, -0.1) is 0 Å². The fourth-order valence-corrected chi connectivity index (χ4v) is 0.503. The summed E-state index contributed by atoms with van der Waals surface area (Å²) in [5, 5.41) is 0. The molecule has 0 N–H and O–H groups in total. The van der Waals surface area contributed by atoms with Gasteiger partial charge in [-0.1, -0.05) is 27.0 Å². The van der Waals surface area contributed by atoms with Crippen LogP contribution in [0.25, 0.3) is 0 Å². The van der Waals surface area contributed by atoms with Gasteiger partial charge in [0.2, 0.25) is 0 Å². The standard InChI is InChI=1S/C10H16NO.C2H6.Y/c1-9(2)11(4)7-5-10(3)6-8-12;1-2;/h6-9H,1-4H3;1-2H3;/q-1;;/b10-6-;;. The first-order chi connectivity index (χ1) is 6.57. The number of hydrogen-bond donors (Lipinski definition) is 0. The van der Waals surface area contributed by atoms with E-state index >= 15 is 0 Å². The van der Waals surface area contributed by atoms with Crippen molar-refractivity contribution in [2.24, 2.45) is 0 Å². The summed E-state index contributed by atoms with van der Waals surface area (Å²) < 4.78 is 0.